The summed E-state index contributed by atoms with van der Waals surface area (Å²) in [5.74, 6) is 1.99. The lowest BCUT2D eigenvalue weighted by molar-refractivity contribution is -0.216. The van der Waals surface area contributed by atoms with Crippen molar-refractivity contribution in [1.29, 1.82) is 0 Å². The van der Waals surface area contributed by atoms with Gasteiger partial charge in [-0.3, -0.25) is 0 Å². The molecule has 0 saturated heterocycles. The summed E-state index contributed by atoms with van der Waals surface area (Å²) in [6.07, 6.45) is 7.46. The van der Waals surface area contributed by atoms with Crippen LogP contribution in [-0.2, 0) is 13.9 Å². The minimum absolute atomic E-state index is 0.0130. The Kier molecular flexibility index (Phi) is 7.06. The second-order valence-electron chi connectivity index (χ2n) is 7.87. The number of aliphatic hydroxyl groups is 1. The van der Waals surface area contributed by atoms with Crippen molar-refractivity contribution in [1.82, 2.24) is 0 Å². The molecule has 0 aliphatic carbocycles. The van der Waals surface area contributed by atoms with E-state index in [-0.39, 0.29) is 23.2 Å². The highest BCUT2D eigenvalue weighted by Gasteiger charge is 2.39. The molecule has 0 bridgehead atoms. The first-order chi connectivity index (χ1) is 10.5. The van der Waals surface area contributed by atoms with E-state index in [4.69, 9.17) is 20.3 Å². The smallest absolute Gasteiger partial charge is 0.192 e. The topological polar surface area (TPSA) is 47.9 Å². The standard InChI is InChI=1S/C18H32O4Si/c1-9-16(19)15-11-10-14(22-17(15)21-13(2)3)12-20-23(7,8)18(4,5)6/h1,10-11,13-17,19H,12H2,2-8H3/t14-,15-,16-,17-/m0/s1. The van der Waals surface area contributed by atoms with E-state index in [0.717, 1.165) is 0 Å². The van der Waals surface area contributed by atoms with Gasteiger partial charge in [0, 0.05) is 0 Å². The number of hydrogen-bond donors (Lipinski definition) is 1. The summed E-state index contributed by atoms with van der Waals surface area (Å²) in [6, 6.07) is 0. The maximum atomic E-state index is 9.95. The molecule has 0 aromatic rings. The van der Waals surface area contributed by atoms with Crippen molar-refractivity contribution in [2.45, 2.75) is 77.4 Å². The Bertz CT molecular complexity index is 445. The highest BCUT2D eigenvalue weighted by molar-refractivity contribution is 6.74. The molecule has 23 heavy (non-hydrogen) atoms. The molecule has 5 heteroatoms. The van der Waals surface area contributed by atoms with Crippen LogP contribution in [0.4, 0.5) is 0 Å². The van der Waals surface area contributed by atoms with Gasteiger partial charge in [-0.05, 0) is 32.0 Å². The quantitative estimate of drug-likeness (QED) is 0.458. The van der Waals surface area contributed by atoms with Gasteiger partial charge >= 0.3 is 0 Å². The highest BCUT2D eigenvalue weighted by Crippen LogP contribution is 2.37. The molecule has 0 aromatic carbocycles. The lowest BCUT2D eigenvalue weighted by Crippen LogP contribution is -2.46. The second-order valence-corrected chi connectivity index (χ2v) is 12.7. The number of hydrogen-bond acceptors (Lipinski definition) is 4. The monoisotopic (exact) mass is 340 g/mol. The summed E-state index contributed by atoms with van der Waals surface area (Å²) in [7, 11) is -1.83. The third-order valence-corrected chi connectivity index (χ3v) is 9.03. The van der Waals surface area contributed by atoms with Gasteiger partial charge in [-0.15, -0.1) is 6.42 Å². The SMILES string of the molecule is C#C[C@H](O)[C@@H]1C=C[C@@H](CO[Si](C)(C)C(C)(C)C)O[C@@H]1OC(C)C. The normalized spacial score (nSPS) is 27.0. The summed E-state index contributed by atoms with van der Waals surface area (Å²) in [5.41, 5.74) is 0. The molecule has 1 aliphatic heterocycles. The minimum atomic E-state index is -1.83. The summed E-state index contributed by atoms with van der Waals surface area (Å²) < 4.78 is 18.0. The zero-order valence-corrected chi connectivity index (χ0v) is 16.5. The van der Waals surface area contributed by atoms with Crippen LogP contribution in [0.15, 0.2) is 12.2 Å². The van der Waals surface area contributed by atoms with Crippen LogP contribution in [0, 0.1) is 18.3 Å². The lowest BCUT2D eigenvalue weighted by Gasteiger charge is -2.39. The summed E-state index contributed by atoms with van der Waals surface area (Å²) in [4.78, 5) is 0. The summed E-state index contributed by atoms with van der Waals surface area (Å²) in [6.45, 7) is 15.4. The fourth-order valence-electron chi connectivity index (χ4n) is 2.01. The van der Waals surface area contributed by atoms with Gasteiger partial charge in [0.05, 0.1) is 18.6 Å². The molecule has 1 rings (SSSR count). The fraction of sp³-hybridized carbons (Fsp3) is 0.778. The fourth-order valence-corrected chi connectivity index (χ4v) is 3.02. The average Bonchev–Trinajstić information content (AvgIpc) is 2.42. The second kappa shape index (κ2) is 7.95. The van der Waals surface area contributed by atoms with E-state index in [9.17, 15) is 5.11 Å². The Morgan fingerprint density at radius 3 is 2.39 bits per heavy atom. The first kappa shape index (κ1) is 20.4. The van der Waals surface area contributed by atoms with Gasteiger partial charge in [0.1, 0.15) is 12.2 Å². The lowest BCUT2D eigenvalue weighted by atomic mass is 9.98. The Hall–Kier alpha value is -0.643. The van der Waals surface area contributed by atoms with Crippen LogP contribution < -0.4 is 0 Å². The number of terminal acetylenes is 1. The third-order valence-electron chi connectivity index (χ3n) is 4.53. The summed E-state index contributed by atoms with van der Waals surface area (Å²) in [5, 5.41) is 10.1. The predicted octanol–water partition coefficient (Wildman–Crippen LogP) is 3.32. The van der Waals surface area contributed by atoms with Crippen LogP contribution in [0.2, 0.25) is 18.1 Å². The largest absolute Gasteiger partial charge is 0.414 e. The van der Waals surface area contributed by atoms with Gasteiger partial charge in [0.25, 0.3) is 0 Å². The van der Waals surface area contributed by atoms with E-state index in [1.165, 1.54) is 0 Å². The van der Waals surface area contributed by atoms with Gasteiger partial charge < -0.3 is 19.0 Å². The molecule has 0 aromatic heterocycles. The Labute approximate surface area is 142 Å². The number of aliphatic hydroxyl groups excluding tert-OH is 1. The van der Waals surface area contributed by atoms with Crippen molar-refractivity contribution in [3.05, 3.63) is 12.2 Å². The molecular formula is C18H32O4Si. The third kappa shape index (κ3) is 5.73. The average molecular weight is 341 g/mol. The molecule has 0 amide bonds. The van der Waals surface area contributed by atoms with Gasteiger partial charge in [-0.2, -0.15) is 0 Å². The van der Waals surface area contributed by atoms with E-state index in [0.29, 0.717) is 6.61 Å². The van der Waals surface area contributed by atoms with Crippen LogP contribution in [-0.4, -0.2) is 44.6 Å². The molecule has 4 nitrogen and oxygen atoms in total. The molecule has 1 aliphatic rings. The van der Waals surface area contributed by atoms with Crippen LogP contribution in [0.25, 0.3) is 0 Å². The van der Waals surface area contributed by atoms with Crippen molar-refractivity contribution in [3.63, 3.8) is 0 Å². The molecule has 4 atom stereocenters. The van der Waals surface area contributed by atoms with E-state index in [1.807, 2.05) is 26.0 Å². The van der Waals surface area contributed by atoms with Gasteiger partial charge in [0.2, 0.25) is 0 Å². The highest BCUT2D eigenvalue weighted by atomic mass is 28.4. The van der Waals surface area contributed by atoms with Gasteiger partial charge in [0.15, 0.2) is 14.6 Å². The van der Waals surface area contributed by atoms with Gasteiger partial charge in [-0.1, -0.05) is 38.8 Å². The Balaban J connectivity index is 2.75. The maximum absolute atomic E-state index is 9.95. The zero-order chi connectivity index (χ0) is 17.8. The van der Waals surface area contributed by atoms with Crippen LogP contribution >= 0.6 is 0 Å². The zero-order valence-electron chi connectivity index (χ0n) is 15.5. The van der Waals surface area contributed by atoms with Gasteiger partial charge in [-0.25, -0.2) is 0 Å². The molecule has 0 spiro atoms. The number of rotatable bonds is 6. The molecule has 0 fully saturated rings. The molecule has 1 heterocycles. The summed E-state index contributed by atoms with van der Waals surface area (Å²) >= 11 is 0. The van der Waals surface area contributed by atoms with Crippen molar-refractivity contribution in [3.8, 4) is 12.3 Å². The molecule has 0 saturated carbocycles. The maximum Gasteiger partial charge on any atom is 0.192 e. The van der Waals surface area contributed by atoms with Crippen molar-refractivity contribution < 1.29 is 19.0 Å². The molecular weight excluding hydrogens is 308 g/mol. The first-order valence-corrected chi connectivity index (χ1v) is 11.2. The van der Waals surface area contributed by atoms with Crippen LogP contribution in [0.3, 0.4) is 0 Å². The van der Waals surface area contributed by atoms with Crippen LogP contribution in [0.5, 0.6) is 0 Å². The Morgan fingerprint density at radius 1 is 1.30 bits per heavy atom. The predicted molar refractivity (Wildman–Crippen MR) is 95.5 cm³/mol. The minimum Gasteiger partial charge on any atom is -0.414 e. The van der Waals surface area contributed by atoms with E-state index in [1.54, 1.807) is 0 Å². The van der Waals surface area contributed by atoms with Crippen molar-refractivity contribution in [2.75, 3.05) is 6.61 Å². The molecule has 0 radical (unpaired) electrons. The molecule has 1 N–H and O–H groups in total. The van der Waals surface area contributed by atoms with E-state index in [2.05, 4.69) is 39.8 Å². The molecule has 132 valence electrons. The van der Waals surface area contributed by atoms with Crippen LogP contribution in [0.1, 0.15) is 34.6 Å². The van der Waals surface area contributed by atoms with E-state index >= 15 is 0 Å². The van der Waals surface area contributed by atoms with Crippen molar-refractivity contribution in [2.24, 2.45) is 5.92 Å². The van der Waals surface area contributed by atoms with Crippen molar-refractivity contribution >= 4 is 8.32 Å². The molecule has 0 unspecified atom stereocenters. The first-order valence-electron chi connectivity index (χ1n) is 8.25. The van der Waals surface area contributed by atoms with E-state index < -0.39 is 20.7 Å². The number of ether oxygens (including phenoxy) is 2. The Morgan fingerprint density at radius 2 is 1.91 bits per heavy atom.